The van der Waals surface area contributed by atoms with E-state index < -0.39 is 0 Å². The fraction of sp³-hybridized carbons (Fsp3) is 0.300. The lowest BCUT2D eigenvalue weighted by atomic mass is 10.1. The van der Waals surface area contributed by atoms with Crippen LogP contribution in [0.1, 0.15) is 28.7 Å². The average molecular weight is 296 g/mol. The van der Waals surface area contributed by atoms with Gasteiger partial charge >= 0.3 is 0 Å². The van der Waals surface area contributed by atoms with Gasteiger partial charge in [0.2, 0.25) is 0 Å². The maximum atomic E-state index is 3.89. The number of rotatable bonds is 7. The highest BCUT2D eigenvalue weighted by atomic mass is 31.1. The van der Waals surface area contributed by atoms with E-state index in [-0.39, 0.29) is 7.92 Å². The Morgan fingerprint density at radius 3 is 1.76 bits per heavy atom. The monoisotopic (exact) mass is 296 g/mol. The normalized spacial score (nSPS) is 10.8. The summed E-state index contributed by atoms with van der Waals surface area (Å²) in [6.45, 7) is 8.34. The SMILES string of the molecule is C=CCCP(Cc1ccccc1C)Cc1ccccc1C. The Bertz CT molecular complexity index is 538. The molecule has 0 aliphatic heterocycles. The van der Waals surface area contributed by atoms with Gasteiger partial charge < -0.3 is 0 Å². The lowest BCUT2D eigenvalue weighted by Crippen LogP contribution is -1.96. The molecule has 21 heavy (non-hydrogen) atoms. The van der Waals surface area contributed by atoms with Crippen molar-refractivity contribution in [2.24, 2.45) is 0 Å². The van der Waals surface area contributed by atoms with Crippen LogP contribution in [0, 0.1) is 13.8 Å². The zero-order chi connectivity index (χ0) is 15.1. The van der Waals surface area contributed by atoms with Gasteiger partial charge in [0.05, 0.1) is 0 Å². The number of allylic oxidation sites excluding steroid dienone is 1. The van der Waals surface area contributed by atoms with Crippen molar-refractivity contribution in [1.82, 2.24) is 0 Å². The zero-order valence-corrected chi connectivity index (χ0v) is 14.1. The average Bonchev–Trinajstić information content (AvgIpc) is 2.49. The summed E-state index contributed by atoms with van der Waals surface area (Å²) in [6.07, 6.45) is 6.92. The molecule has 0 fully saturated rings. The molecule has 0 bridgehead atoms. The number of benzene rings is 2. The molecule has 2 aromatic carbocycles. The highest BCUT2D eigenvalue weighted by Gasteiger charge is 2.11. The summed E-state index contributed by atoms with van der Waals surface area (Å²) in [5.74, 6) is 0. The third-order valence-corrected chi connectivity index (χ3v) is 6.43. The summed E-state index contributed by atoms with van der Waals surface area (Å²) in [5.41, 5.74) is 5.88. The van der Waals surface area contributed by atoms with Gasteiger partial charge in [0, 0.05) is 0 Å². The van der Waals surface area contributed by atoms with Gasteiger partial charge in [0.25, 0.3) is 0 Å². The Morgan fingerprint density at radius 2 is 1.33 bits per heavy atom. The van der Waals surface area contributed by atoms with E-state index in [0.29, 0.717) is 0 Å². The first-order valence-corrected chi connectivity index (χ1v) is 9.52. The number of aryl methyl sites for hydroxylation is 2. The molecule has 2 rings (SSSR count). The maximum absolute atomic E-state index is 3.89. The Balaban J connectivity index is 2.13. The van der Waals surface area contributed by atoms with E-state index in [1.165, 1.54) is 40.7 Å². The van der Waals surface area contributed by atoms with Gasteiger partial charge in [-0.2, -0.15) is 0 Å². The third-order valence-electron chi connectivity index (χ3n) is 3.96. The van der Waals surface area contributed by atoms with Crippen LogP contribution in [-0.4, -0.2) is 6.16 Å². The van der Waals surface area contributed by atoms with Crippen LogP contribution in [-0.2, 0) is 12.3 Å². The van der Waals surface area contributed by atoms with E-state index in [2.05, 4.69) is 75.0 Å². The van der Waals surface area contributed by atoms with E-state index >= 15 is 0 Å². The van der Waals surface area contributed by atoms with Crippen LogP contribution in [0.5, 0.6) is 0 Å². The van der Waals surface area contributed by atoms with Crippen LogP contribution in [0.25, 0.3) is 0 Å². The largest absolute Gasteiger partial charge is 0.103 e. The molecule has 0 unspecified atom stereocenters. The van der Waals surface area contributed by atoms with Gasteiger partial charge in [0.1, 0.15) is 0 Å². The van der Waals surface area contributed by atoms with Crippen molar-refractivity contribution in [2.75, 3.05) is 6.16 Å². The molecule has 0 aliphatic carbocycles. The van der Waals surface area contributed by atoms with Crippen molar-refractivity contribution in [1.29, 1.82) is 0 Å². The molecule has 0 amide bonds. The van der Waals surface area contributed by atoms with Gasteiger partial charge in [-0.3, -0.25) is 0 Å². The fourth-order valence-corrected chi connectivity index (χ4v) is 5.19. The molecule has 0 atom stereocenters. The quantitative estimate of drug-likeness (QED) is 0.430. The highest BCUT2D eigenvalue weighted by molar-refractivity contribution is 7.56. The molecule has 0 saturated heterocycles. The topological polar surface area (TPSA) is 0 Å². The van der Waals surface area contributed by atoms with Crippen molar-refractivity contribution >= 4 is 7.92 Å². The van der Waals surface area contributed by atoms with E-state index in [4.69, 9.17) is 0 Å². The Labute approximate surface area is 130 Å². The van der Waals surface area contributed by atoms with Gasteiger partial charge in [-0.1, -0.05) is 62.5 Å². The van der Waals surface area contributed by atoms with E-state index in [9.17, 15) is 0 Å². The smallest absolute Gasteiger partial charge is 0.00674 e. The van der Waals surface area contributed by atoms with E-state index in [1.54, 1.807) is 0 Å². The molecule has 0 aromatic heterocycles. The first-order chi connectivity index (χ1) is 10.2. The summed E-state index contributed by atoms with van der Waals surface area (Å²) in [5, 5.41) is 0. The van der Waals surface area contributed by atoms with Crippen LogP contribution >= 0.6 is 7.92 Å². The zero-order valence-electron chi connectivity index (χ0n) is 13.2. The fourth-order valence-electron chi connectivity index (χ4n) is 2.54. The molecule has 110 valence electrons. The first kappa shape index (κ1) is 16.0. The second-order valence-electron chi connectivity index (χ2n) is 5.64. The van der Waals surface area contributed by atoms with E-state index in [1.807, 2.05) is 0 Å². The molecule has 0 heterocycles. The molecule has 1 heteroatoms. The van der Waals surface area contributed by atoms with Crippen molar-refractivity contribution in [3.63, 3.8) is 0 Å². The standard InChI is InChI=1S/C20H25P/c1-4-5-14-21(15-19-12-8-6-10-17(19)2)16-20-13-9-7-11-18(20)3/h4,6-13H,1,5,14-16H2,2-3H3. The summed E-state index contributed by atoms with van der Waals surface area (Å²) in [6, 6.07) is 17.6. The van der Waals surface area contributed by atoms with Crippen LogP contribution < -0.4 is 0 Å². The van der Waals surface area contributed by atoms with Crippen molar-refractivity contribution in [3.05, 3.63) is 83.4 Å². The molecular formula is C20H25P. The van der Waals surface area contributed by atoms with Gasteiger partial charge in [-0.15, -0.1) is 6.58 Å². The third kappa shape index (κ3) is 4.83. The molecule has 0 spiro atoms. The summed E-state index contributed by atoms with van der Waals surface area (Å²) < 4.78 is 0. The molecule has 0 nitrogen and oxygen atoms in total. The second kappa shape index (κ2) is 8.15. The minimum Gasteiger partial charge on any atom is -0.103 e. The number of hydrogen-bond donors (Lipinski definition) is 0. The highest BCUT2D eigenvalue weighted by Crippen LogP contribution is 2.45. The molecular weight excluding hydrogens is 271 g/mol. The second-order valence-corrected chi connectivity index (χ2v) is 8.06. The van der Waals surface area contributed by atoms with Crippen molar-refractivity contribution in [3.8, 4) is 0 Å². The van der Waals surface area contributed by atoms with Crippen molar-refractivity contribution < 1.29 is 0 Å². The Morgan fingerprint density at radius 1 is 0.857 bits per heavy atom. The van der Waals surface area contributed by atoms with Crippen LogP contribution in [0.3, 0.4) is 0 Å². The minimum absolute atomic E-state index is 0.0228. The molecule has 0 saturated carbocycles. The molecule has 2 aromatic rings. The molecule has 0 N–H and O–H groups in total. The Hall–Kier alpha value is -1.39. The molecule has 0 aliphatic rings. The predicted molar refractivity (Wildman–Crippen MR) is 96.4 cm³/mol. The predicted octanol–water partition coefficient (Wildman–Crippen LogP) is 6.06. The van der Waals surface area contributed by atoms with Gasteiger partial charge in [-0.05, 0) is 61.0 Å². The molecule has 0 radical (unpaired) electrons. The van der Waals surface area contributed by atoms with Crippen molar-refractivity contribution in [2.45, 2.75) is 32.6 Å². The van der Waals surface area contributed by atoms with Crippen LogP contribution in [0.2, 0.25) is 0 Å². The number of hydrogen-bond acceptors (Lipinski definition) is 0. The summed E-state index contributed by atoms with van der Waals surface area (Å²) >= 11 is 0. The minimum atomic E-state index is -0.0228. The maximum Gasteiger partial charge on any atom is -0.00674 e. The summed E-state index contributed by atoms with van der Waals surface area (Å²) in [4.78, 5) is 0. The summed E-state index contributed by atoms with van der Waals surface area (Å²) in [7, 11) is -0.0228. The van der Waals surface area contributed by atoms with Gasteiger partial charge in [-0.25, -0.2) is 0 Å². The van der Waals surface area contributed by atoms with E-state index in [0.717, 1.165) is 6.42 Å². The Kier molecular flexibility index (Phi) is 6.21. The van der Waals surface area contributed by atoms with Crippen LogP contribution in [0.4, 0.5) is 0 Å². The lowest BCUT2D eigenvalue weighted by Gasteiger charge is -2.19. The van der Waals surface area contributed by atoms with Crippen LogP contribution in [0.15, 0.2) is 61.2 Å². The lowest BCUT2D eigenvalue weighted by molar-refractivity contribution is 1.17. The first-order valence-electron chi connectivity index (χ1n) is 7.63. The van der Waals surface area contributed by atoms with Gasteiger partial charge in [0.15, 0.2) is 0 Å².